The normalized spacial score (nSPS) is 27.8. The van der Waals surface area contributed by atoms with E-state index in [1.54, 1.807) is 36.5 Å². The number of nitrogens with zero attached hydrogens (tertiary/aromatic N) is 5. The van der Waals surface area contributed by atoms with Gasteiger partial charge >= 0.3 is 0 Å². The van der Waals surface area contributed by atoms with Crippen LogP contribution in [0, 0.1) is 6.92 Å². The SMILES string of the molecule is Cc1cnn(-c2ccc(-c3ccc(O[C@@H]4C[C@H]5CCC[C@](C)(N5)[C@@H]4F)nn3)c(O)c2)n1. The molecule has 3 aromatic rings. The van der Waals surface area contributed by atoms with E-state index in [4.69, 9.17) is 4.74 Å². The van der Waals surface area contributed by atoms with E-state index < -0.39 is 17.8 Å². The number of nitrogens with one attached hydrogen (secondary N) is 1. The van der Waals surface area contributed by atoms with Gasteiger partial charge in [-0.25, -0.2) is 4.39 Å². The fourth-order valence-electron chi connectivity index (χ4n) is 4.65. The Morgan fingerprint density at radius 1 is 1.26 bits per heavy atom. The molecule has 9 heteroatoms. The first-order valence-electron chi connectivity index (χ1n) is 10.6. The van der Waals surface area contributed by atoms with Gasteiger partial charge in [-0.1, -0.05) is 0 Å². The molecular weight excluding hydrogens is 399 g/mol. The Balaban J connectivity index is 1.32. The van der Waals surface area contributed by atoms with Crippen molar-refractivity contribution in [3.63, 3.8) is 0 Å². The van der Waals surface area contributed by atoms with E-state index in [0.717, 1.165) is 25.0 Å². The number of aromatic hydroxyl groups is 1. The summed E-state index contributed by atoms with van der Waals surface area (Å²) in [4.78, 5) is 1.45. The Bertz CT molecular complexity index is 1090. The van der Waals surface area contributed by atoms with E-state index in [1.165, 1.54) is 4.80 Å². The van der Waals surface area contributed by atoms with Crippen molar-refractivity contribution in [1.29, 1.82) is 0 Å². The molecule has 0 unspecified atom stereocenters. The van der Waals surface area contributed by atoms with Crippen molar-refractivity contribution in [3.05, 3.63) is 42.2 Å². The molecule has 4 atom stereocenters. The maximum absolute atomic E-state index is 15.1. The monoisotopic (exact) mass is 424 g/mol. The molecule has 8 nitrogen and oxygen atoms in total. The number of piperidine rings is 2. The number of aryl methyl sites for hydroxylation is 1. The molecule has 4 heterocycles. The molecule has 2 aliphatic rings. The molecule has 2 N–H and O–H groups in total. The van der Waals surface area contributed by atoms with Crippen LogP contribution in [-0.2, 0) is 0 Å². The van der Waals surface area contributed by atoms with Crippen LogP contribution >= 0.6 is 0 Å². The van der Waals surface area contributed by atoms with Crippen molar-refractivity contribution in [1.82, 2.24) is 30.5 Å². The minimum absolute atomic E-state index is 0.0401. The zero-order valence-corrected chi connectivity index (χ0v) is 17.5. The number of halogens is 1. The van der Waals surface area contributed by atoms with Crippen molar-refractivity contribution in [2.45, 2.75) is 63.4 Å². The number of benzene rings is 1. The van der Waals surface area contributed by atoms with Gasteiger partial charge in [0.1, 0.15) is 11.9 Å². The van der Waals surface area contributed by atoms with Gasteiger partial charge < -0.3 is 15.2 Å². The summed E-state index contributed by atoms with van der Waals surface area (Å²) in [6.07, 6.45) is 3.48. The molecule has 2 aliphatic heterocycles. The third-order valence-corrected chi connectivity index (χ3v) is 6.24. The number of phenolic OH excluding ortho intramolecular Hbond substituents is 1. The average Bonchev–Trinajstić information content (AvgIpc) is 3.19. The molecule has 0 saturated carbocycles. The molecule has 2 aromatic heterocycles. The van der Waals surface area contributed by atoms with Gasteiger partial charge in [0.2, 0.25) is 5.88 Å². The highest BCUT2D eigenvalue weighted by atomic mass is 19.1. The highest BCUT2D eigenvalue weighted by Gasteiger charge is 2.49. The van der Waals surface area contributed by atoms with Crippen molar-refractivity contribution >= 4 is 0 Å². The van der Waals surface area contributed by atoms with Crippen LogP contribution in [0.2, 0.25) is 0 Å². The molecule has 5 rings (SSSR count). The van der Waals surface area contributed by atoms with Gasteiger partial charge in [0.25, 0.3) is 0 Å². The third kappa shape index (κ3) is 3.74. The van der Waals surface area contributed by atoms with E-state index >= 15 is 4.39 Å². The lowest BCUT2D eigenvalue weighted by molar-refractivity contribution is -0.0349. The predicted molar refractivity (Wildman–Crippen MR) is 112 cm³/mol. The first kappa shape index (κ1) is 19.9. The number of ether oxygens (including phenoxy) is 1. The molecule has 31 heavy (non-hydrogen) atoms. The topological polar surface area (TPSA) is 98.0 Å². The van der Waals surface area contributed by atoms with Crippen LogP contribution in [0.3, 0.4) is 0 Å². The van der Waals surface area contributed by atoms with E-state index in [9.17, 15) is 5.11 Å². The Labute approximate surface area is 179 Å². The lowest BCUT2D eigenvalue weighted by Gasteiger charge is -2.49. The Kier molecular flexibility index (Phi) is 4.85. The van der Waals surface area contributed by atoms with Gasteiger partial charge in [-0.15, -0.1) is 10.2 Å². The van der Waals surface area contributed by atoms with E-state index in [1.807, 2.05) is 13.8 Å². The Morgan fingerprint density at radius 3 is 2.84 bits per heavy atom. The summed E-state index contributed by atoms with van der Waals surface area (Å²) in [5.41, 5.74) is 1.90. The number of phenols is 1. The fourth-order valence-corrected chi connectivity index (χ4v) is 4.65. The van der Waals surface area contributed by atoms with Gasteiger partial charge in [0.15, 0.2) is 6.17 Å². The lowest BCUT2D eigenvalue weighted by atomic mass is 9.75. The van der Waals surface area contributed by atoms with E-state index in [-0.39, 0.29) is 17.7 Å². The molecule has 2 fully saturated rings. The lowest BCUT2D eigenvalue weighted by Crippen LogP contribution is -2.66. The van der Waals surface area contributed by atoms with Crippen molar-refractivity contribution < 1.29 is 14.2 Å². The Morgan fingerprint density at radius 2 is 2.13 bits per heavy atom. The van der Waals surface area contributed by atoms with Crippen molar-refractivity contribution in [3.8, 4) is 28.6 Å². The minimum atomic E-state index is -1.11. The van der Waals surface area contributed by atoms with E-state index in [2.05, 4.69) is 25.7 Å². The molecule has 2 saturated heterocycles. The molecule has 0 radical (unpaired) electrons. The minimum Gasteiger partial charge on any atom is -0.507 e. The fraction of sp³-hybridized carbons (Fsp3) is 0.455. The molecule has 2 bridgehead atoms. The summed E-state index contributed by atoms with van der Waals surface area (Å²) in [5, 5.41) is 30.6. The number of hydrogen-bond donors (Lipinski definition) is 2. The zero-order chi connectivity index (χ0) is 21.6. The van der Waals surface area contributed by atoms with Gasteiger partial charge in [0, 0.05) is 30.2 Å². The second kappa shape index (κ2) is 7.56. The van der Waals surface area contributed by atoms with Gasteiger partial charge in [0.05, 0.1) is 28.8 Å². The van der Waals surface area contributed by atoms with Crippen molar-refractivity contribution in [2.24, 2.45) is 0 Å². The third-order valence-electron chi connectivity index (χ3n) is 6.24. The number of alkyl halides is 1. The number of rotatable bonds is 4. The van der Waals surface area contributed by atoms with Crippen LogP contribution < -0.4 is 10.1 Å². The summed E-state index contributed by atoms with van der Waals surface area (Å²) in [7, 11) is 0. The highest BCUT2D eigenvalue weighted by Crippen LogP contribution is 2.37. The predicted octanol–water partition coefficient (Wildman–Crippen LogP) is 3.13. The number of fused-ring (bicyclic) bond motifs is 2. The van der Waals surface area contributed by atoms with Crippen molar-refractivity contribution in [2.75, 3.05) is 0 Å². The molecule has 0 spiro atoms. The highest BCUT2D eigenvalue weighted by molar-refractivity contribution is 5.68. The summed E-state index contributed by atoms with van der Waals surface area (Å²) in [6.45, 7) is 3.78. The van der Waals surface area contributed by atoms with Gasteiger partial charge in [-0.2, -0.15) is 15.0 Å². The maximum atomic E-state index is 15.1. The molecule has 0 amide bonds. The molecule has 162 valence electrons. The summed E-state index contributed by atoms with van der Waals surface area (Å²) < 4.78 is 21.0. The van der Waals surface area contributed by atoms with Crippen LogP contribution in [0.5, 0.6) is 11.6 Å². The largest absolute Gasteiger partial charge is 0.507 e. The number of aromatic nitrogens is 5. The standard InChI is InChI=1S/C22H25FN6O2/c1-13-12-24-29(28-13)15-5-6-16(18(30)11-15)17-7-8-20(27-26-17)31-19-10-14-4-3-9-22(2,25-14)21(19)23/h5-8,11-12,14,19,21,25,30H,3-4,9-10H2,1-2H3/t14-,19-,21-,22+/m1/s1. The molecule has 1 aromatic carbocycles. The second-order valence-corrected chi connectivity index (χ2v) is 8.68. The first-order valence-corrected chi connectivity index (χ1v) is 10.6. The zero-order valence-electron chi connectivity index (χ0n) is 17.5. The van der Waals surface area contributed by atoms with Crippen LogP contribution in [-0.4, -0.2) is 54.2 Å². The smallest absolute Gasteiger partial charge is 0.233 e. The average molecular weight is 424 g/mol. The first-order chi connectivity index (χ1) is 14.9. The van der Waals surface area contributed by atoms with E-state index in [0.29, 0.717) is 23.4 Å². The van der Waals surface area contributed by atoms with Gasteiger partial charge in [-0.3, -0.25) is 0 Å². The van der Waals surface area contributed by atoms with Crippen LogP contribution in [0.1, 0.15) is 38.3 Å². The van der Waals surface area contributed by atoms with Crippen LogP contribution in [0.25, 0.3) is 16.9 Å². The maximum Gasteiger partial charge on any atom is 0.233 e. The summed E-state index contributed by atoms with van der Waals surface area (Å²) in [5.74, 6) is 0.325. The second-order valence-electron chi connectivity index (χ2n) is 8.68. The molecule has 0 aliphatic carbocycles. The number of hydrogen-bond acceptors (Lipinski definition) is 7. The summed E-state index contributed by atoms with van der Waals surface area (Å²) in [6, 6.07) is 8.75. The molecular formula is C22H25FN6O2. The quantitative estimate of drug-likeness (QED) is 0.664. The van der Waals surface area contributed by atoms with Crippen LogP contribution in [0.15, 0.2) is 36.5 Å². The van der Waals surface area contributed by atoms with Gasteiger partial charge in [-0.05, 0) is 51.3 Å². The van der Waals surface area contributed by atoms with Crippen LogP contribution in [0.4, 0.5) is 4.39 Å². The Hall–Kier alpha value is -3.07. The summed E-state index contributed by atoms with van der Waals surface area (Å²) >= 11 is 0.